The van der Waals surface area contributed by atoms with Gasteiger partial charge in [0.1, 0.15) is 17.8 Å². The van der Waals surface area contributed by atoms with Crippen LogP contribution in [0.5, 0.6) is 11.5 Å². The van der Waals surface area contributed by atoms with Crippen molar-refractivity contribution in [2.24, 2.45) is 0 Å². The van der Waals surface area contributed by atoms with E-state index >= 15 is 0 Å². The third-order valence-corrected chi connectivity index (χ3v) is 5.33. The Balaban J connectivity index is 1.27. The van der Waals surface area contributed by atoms with Gasteiger partial charge in [-0.3, -0.25) is 10.1 Å². The van der Waals surface area contributed by atoms with Crippen molar-refractivity contribution in [1.29, 1.82) is 0 Å². The van der Waals surface area contributed by atoms with Gasteiger partial charge in [-0.2, -0.15) is 0 Å². The maximum Gasteiger partial charge on any atom is 0.349 e. The van der Waals surface area contributed by atoms with Gasteiger partial charge in [0.25, 0.3) is 11.8 Å². The van der Waals surface area contributed by atoms with Crippen LogP contribution < -0.4 is 20.4 Å². The van der Waals surface area contributed by atoms with E-state index in [4.69, 9.17) is 18.3 Å². The average molecular weight is 441 g/mol. The van der Waals surface area contributed by atoms with Gasteiger partial charge in [-0.1, -0.05) is 47.6 Å². The van der Waals surface area contributed by atoms with E-state index in [0.29, 0.717) is 22.5 Å². The number of anilines is 1. The zero-order valence-corrected chi connectivity index (χ0v) is 17.0. The molecule has 9 heteroatoms. The summed E-state index contributed by atoms with van der Waals surface area (Å²) in [6, 6.07) is 19.7. The van der Waals surface area contributed by atoms with Crippen molar-refractivity contribution >= 4 is 33.7 Å². The zero-order chi connectivity index (χ0) is 22.4. The second-order valence-corrected chi connectivity index (χ2v) is 7.41. The van der Waals surface area contributed by atoms with Gasteiger partial charge in [0.05, 0.1) is 0 Å². The van der Waals surface area contributed by atoms with Crippen molar-refractivity contribution in [1.82, 2.24) is 10.2 Å². The lowest BCUT2D eigenvalue weighted by molar-refractivity contribution is 0.0716. The van der Waals surface area contributed by atoms with E-state index in [-0.39, 0.29) is 24.1 Å². The van der Waals surface area contributed by atoms with Crippen molar-refractivity contribution in [3.8, 4) is 11.5 Å². The molecular formula is C24H15N3O6. The van der Waals surface area contributed by atoms with E-state index in [9.17, 15) is 9.59 Å². The molecule has 1 amide bonds. The molecule has 162 valence electrons. The van der Waals surface area contributed by atoms with Crippen LogP contribution in [0, 0.1) is 0 Å². The van der Waals surface area contributed by atoms with Crippen LogP contribution in [-0.2, 0) is 0 Å². The highest BCUT2D eigenvalue weighted by Crippen LogP contribution is 2.35. The predicted molar refractivity (Wildman–Crippen MR) is 118 cm³/mol. The summed E-state index contributed by atoms with van der Waals surface area (Å²) in [5, 5.41) is 12.7. The quantitative estimate of drug-likeness (QED) is 0.329. The first-order chi connectivity index (χ1) is 16.2. The lowest BCUT2D eigenvalue weighted by atomic mass is 10.0. The first kappa shape index (κ1) is 19.1. The van der Waals surface area contributed by atoms with Gasteiger partial charge in [-0.15, -0.1) is 5.10 Å². The fourth-order valence-electron chi connectivity index (χ4n) is 3.75. The molecule has 3 aromatic carbocycles. The Morgan fingerprint density at radius 3 is 2.64 bits per heavy atom. The maximum absolute atomic E-state index is 12.8. The van der Waals surface area contributed by atoms with E-state index in [0.717, 1.165) is 10.8 Å². The van der Waals surface area contributed by atoms with Gasteiger partial charge in [0, 0.05) is 5.39 Å². The van der Waals surface area contributed by atoms with E-state index in [1.807, 2.05) is 42.5 Å². The molecule has 0 saturated carbocycles. The van der Waals surface area contributed by atoms with Crippen LogP contribution in [0.4, 0.5) is 6.01 Å². The SMILES string of the molecule is O=C(Nc1nnc(C2COc3ccccc3O2)o1)c1cc2c(ccc3ccccc32)oc1=O. The number of benzene rings is 3. The predicted octanol–water partition coefficient (Wildman–Crippen LogP) is 4.09. The van der Waals surface area contributed by atoms with E-state index in [1.165, 1.54) is 6.07 Å². The van der Waals surface area contributed by atoms with E-state index in [2.05, 4.69) is 15.5 Å². The number of carbonyl (C=O) groups is 1. The van der Waals surface area contributed by atoms with Crippen molar-refractivity contribution in [3.63, 3.8) is 0 Å². The molecule has 5 aromatic rings. The van der Waals surface area contributed by atoms with E-state index < -0.39 is 17.6 Å². The molecule has 0 saturated heterocycles. The number of hydrogen-bond acceptors (Lipinski definition) is 8. The molecule has 0 bridgehead atoms. The molecule has 1 unspecified atom stereocenters. The lowest BCUT2D eigenvalue weighted by Crippen LogP contribution is -2.22. The Hall–Kier alpha value is -4.66. The highest BCUT2D eigenvalue weighted by Gasteiger charge is 2.28. The highest BCUT2D eigenvalue weighted by molar-refractivity contribution is 6.09. The standard InChI is InChI=1S/C24H15N3O6/c28-21(16-11-15-14-6-2-1-5-13(14)9-10-17(15)32-23(16)29)25-24-27-26-22(33-24)20-12-30-18-7-3-4-8-19(18)31-20/h1-11,20H,12H2,(H,25,27,28). The lowest BCUT2D eigenvalue weighted by Gasteiger charge is -2.23. The number of carbonyl (C=O) groups excluding carboxylic acids is 1. The number of rotatable bonds is 3. The van der Waals surface area contributed by atoms with Gasteiger partial charge >= 0.3 is 11.6 Å². The van der Waals surface area contributed by atoms with Crippen LogP contribution >= 0.6 is 0 Å². The largest absolute Gasteiger partial charge is 0.485 e. The summed E-state index contributed by atoms with van der Waals surface area (Å²) in [5.41, 5.74) is -0.550. The van der Waals surface area contributed by atoms with Crippen molar-refractivity contribution in [2.75, 3.05) is 11.9 Å². The summed E-state index contributed by atoms with van der Waals surface area (Å²) in [6.07, 6.45) is -0.629. The molecule has 0 radical (unpaired) electrons. The number of amides is 1. The normalized spacial score (nSPS) is 15.0. The highest BCUT2D eigenvalue weighted by atomic mass is 16.6. The van der Waals surface area contributed by atoms with Gasteiger partial charge < -0.3 is 18.3 Å². The van der Waals surface area contributed by atoms with Crippen LogP contribution in [0.3, 0.4) is 0 Å². The molecule has 9 nitrogen and oxygen atoms in total. The van der Waals surface area contributed by atoms with Gasteiger partial charge in [0.15, 0.2) is 11.5 Å². The number of para-hydroxylation sites is 2. The van der Waals surface area contributed by atoms with E-state index in [1.54, 1.807) is 18.2 Å². The Kier molecular flexibility index (Phi) is 4.32. The summed E-state index contributed by atoms with van der Waals surface area (Å²) in [5.74, 6) is 0.590. The molecule has 1 N–H and O–H groups in total. The van der Waals surface area contributed by atoms with Gasteiger partial charge in [-0.05, 0) is 35.0 Å². The summed E-state index contributed by atoms with van der Waals surface area (Å²) in [7, 11) is 0. The molecule has 1 aliphatic rings. The average Bonchev–Trinajstić information content (AvgIpc) is 3.31. The topological polar surface area (TPSA) is 117 Å². The molecule has 0 fully saturated rings. The van der Waals surface area contributed by atoms with Crippen molar-refractivity contribution in [3.05, 3.63) is 88.6 Å². The zero-order valence-electron chi connectivity index (χ0n) is 17.0. The first-order valence-electron chi connectivity index (χ1n) is 10.1. The first-order valence-corrected chi connectivity index (χ1v) is 10.1. The van der Waals surface area contributed by atoms with Crippen molar-refractivity contribution in [2.45, 2.75) is 6.10 Å². The second-order valence-electron chi connectivity index (χ2n) is 7.41. The monoisotopic (exact) mass is 441 g/mol. The Morgan fingerprint density at radius 2 is 1.73 bits per heavy atom. The Morgan fingerprint density at radius 1 is 0.909 bits per heavy atom. The molecule has 1 atom stereocenters. The molecule has 1 aliphatic heterocycles. The van der Waals surface area contributed by atoms with Crippen LogP contribution in [0.2, 0.25) is 0 Å². The van der Waals surface area contributed by atoms with Gasteiger partial charge in [0.2, 0.25) is 6.10 Å². The summed E-state index contributed by atoms with van der Waals surface area (Å²) in [6.45, 7) is 0.175. The fourth-order valence-corrected chi connectivity index (χ4v) is 3.75. The minimum atomic E-state index is -0.768. The summed E-state index contributed by atoms with van der Waals surface area (Å²) >= 11 is 0. The smallest absolute Gasteiger partial charge is 0.349 e. The minimum absolute atomic E-state index is 0.136. The number of nitrogens with zero attached hydrogens (tertiary/aromatic N) is 2. The number of fused-ring (bicyclic) bond motifs is 4. The number of ether oxygens (including phenoxy) is 2. The van der Waals surface area contributed by atoms with Crippen LogP contribution in [0.25, 0.3) is 21.7 Å². The van der Waals surface area contributed by atoms with Crippen LogP contribution in [-0.4, -0.2) is 22.7 Å². The molecule has 33 heavy (non-hydrogen) atoms. The third-order valence-electron chi connectivity index (χ3n) is 5.33. The van der Waals surface area contributed by atoms with Crippen LogP contribution in [0.1, 0.15) is 22.4 Å². The molecule has 6 rings (SSSR count). The number of nitrogens with one attached hydrogen (secondary N) is 1. The maximum atomic E-state index is 12.8. The number of hydrogen-bond donors (Lipinski definition) is 1. The molecule has 3 heterocycles. The molecule has 2 aromatic heterocycles. The number of aromatic nitrogens is 2. The molecule has 0 spiro atoms. The Bertz CT molecular complexity index is 1590. The summed E-state index contributed by atoms with van der Waals surface area (Å²) in [4.78, 5) is 25.2. The molecule has 0 aliphatic carbocycles. The minimum Gasteiger partial charge on any atom is -0.485 e. The van der Waals surface area contributed by atoms with Gasteiger partial charge in [-0.25, -0.2) is 4.79 Å². The van der Waals surface area contributed by atoms with Crippen molar-refractivity contribution < 1.29 is 23.1 Å². The Labute approximate surface area is 185 Å². The van der Waals surface area contributed by atoms with Crippen LogP contribution in [0.15, 0.2) is 80.4 Å². The summed E-state index contributed by atoms with van der Waals surface area (Å²) < 4.78 is 22.4. The third kappa shape index (κ3) is 3.35. The fraction of sp³-hybridized carbons (Fsp3) is 0.0833. The molecular weight excluding hydrogens is 426 g/mol. The second kappa shape index (κ2) is 7.49.